The average molecular weight is 320 g/mol. The van der Waals surface area contributed by atoms with Crippen LogP contribution in [0.4, 0.5) is 0 Å². The van der Waals surface area contributed by atoms with Crippen molar-refractivity contribution in [2.24, 2.45) is 0 Å². The van der Waals surface area contributed by atoms with E-state index < -0.39 is 5.91 Å². The van der Waals surface area contributed by atoms with Crippen molar-refractivity contribution in [3.63, 3.8) is 0 Å². The Hall–Kier alpha value is -2.18. The Morgan fingerprint density at radius 2 is 2.10 bits per heavy atom. The number of nitrogens with zero attached hydrogens (tertiary/aromatic N) is 2. The second-order valence-corrected chi connectivity index (χ2v) is 5.65. The molecule has 0 spiro atoms. The number of amides is 1. The standard InChI is InChI=1S/C14H10ClN3O2S/c15-10-3-1-9(2-4-10)7-16-12(19)11-8-17-14-18(13(11)20)5-6-21-14/h1-6,8H,7H2,(H,16,19). The van der Waals surface area contributed by atoms with Crippen LogP contribution in [0.15, 0.2) is 46.8 Å². The Balaban J connectivity index is 1.79. The summed E-state index contributed by atoms with van der Waals surface area (Å²) in [6, 6.07) is 7.12. The number of hydrogen-bond donors (Lipinski definition) is 1. The predicted octanol–water partition coefficient (Wildman–Crippen LogP) is 2.34. The third-order valence-electron chi connectivity index (χ3n) is 2.95. The summed E-state index contributed by atoms with van der Waals surface area (Å²) >= 11 is 7.14. The van der Waals surface area contributed by atoms with Crippen LogP contribution in [0.3, 0.4) is 0 Å². The molecule has 0 saturated heterocycles. The quantitative estimate of drug-likeness (QED) is 0.806. The van der Waals surface area contributed by atoms with Gasteiger partial charge in [-0.25, -0.2) is 4.98 Å². The van der Waals surface area contributed by atoms with E-state index in [1.807, 2.05) is 12.1 Å². The van der Waals surface area contributed by atoms with Gasteiger partial charge >= 0.3 is 0 Å². The van der Waals surface area contributed by atoms with Crippen molar-refractivity contribution < 1.29 is 4.79 Å². The molecule has 0 radical (unpaired) electrons. The zero-order valence-electron chi connectivity index (χ0n) is 10.7. The summed E-state index contributed by atoms with van der Waals surface area (Å²) in [7, 11) is 0. The van der Waals surface area contributed by atoms with Gasteiger partial charge in [-0.05, 0) is 17.7 Å². The number of carbonyl (C=O) groups excluding carboxylic acids is 1. The molecule has 3 rings (SSSR count). The maximum absolute atomic E-state index is 12.1. The number of nitrogens with one attached hydrogen (secondary N) is 1. The molecule has 106 valence electrons. The van der Waals surface area contributed by atoms with Crippen LogP contribution in [0.1, 0.15) is 15.9 Å². The summed E-state index contributed by atoms with van der Waals surface area (Å²) in [4.78, 5) is 28.9. The van der Waals surface area contributed by atoms with Crippen molar-refractivity contribution in [1.29, 1.82) is 0 Å². The second-order valence-electron chi connectivity index (χ2n) is 4.34. The van der Waals surface area contributed by atoms with Gasteiger partial charge in [-0.3, -0.25) is 14.0 Å². The number of rotatable bonds is 3. The Morgan fingerprint density at radius 1 is 1.33 bits per heavy atom. The van der Waals surface area contributed by atoms with Crippen LogP contribution in [0.25, 0.3) is 4.96 Å². The Morgan fingerprint density at radius 3 is 2.86 bits per heavy atom. The van der Waals surface area contributed by atoms with Gasteiger partial charge in [0, 0.05) is 29.3 Å². The minimum atomic E-state index is -0.442. The van der Waals surface area contributed by atoms with Gasteiger partial charge in [-0.2, -0.15) is 0 Å². The van der Waals surface area contributed by atoms with Gasteiger partial charge in [0.2, 0.25) is 0 Å². The molecule has 0 bridgehead atoms. The highest BCUT2D eigenvalue weighted by Crippen LogP contribution is 2.09. The first-order chi connectivity index (χ1) is 10.1. The minimum Gasteiger partial charge on any atom is -0.348 e. The van der Waals surface area contributed by atoms with E-state index in [1.54, 1.807) is 23.7 Å². The highest BCUT2D eigenvalue weighted by atomic mass is 35.5. The van der Waals surface area contributed by atoms with E-state index in [0.717, 1.165) is 5.56 Å². The van der Waals surface area contributed by atoms with Crippen molar-refractivity contribution in [2.75, 3.05) is 0 Å². The maximum Gasteiger partial charge on any atom is 0.271 e. The topological polar surface area (TPSA) is 63.5 Å². The number of halogens is 1. The fourth-order valence-electron chi connectivity index (χ4n) is 1.86. The lowest BCUT2D eigenvalue weighted by molar-refractivity contribution is 0.0949. The number of hydrogen-bond acceptors (Lipinski definition) is 4. The van der Waals surface area contributed by atoms with E-state index >= 15 is 0 Å². The molecule has 1 N–H and O–H groups in total. The third kappa shape index (κ3) is 2.81. The molecule has 0 aliphatic heterocycles. The normalized spacial score (nSPS) is 10.7. The molecule has 21 heavy (non-hydrogen) atoms. The summed E-state index contributed by atoms with van der Waals surface area (Å²) in [6.07, 6.45) is 2.91. The number of fused-ring (bicyclic) bond motifs is 1. The Bertz CT molecular complexity index is 855. The molecule has 0 unspecified atom stereocenters. The maximum atomic E-state index is 12.1. The number of benzene rings is 1. The molecule has 2 heterocycles. The molecule has 2 aromatic heterocycles. The van der Waals surface area contributed by atoms with Gasteiger partial charge in [-0.1, -0.05) is 23.7 Å². The molecule has 1 aromatic carbocycles. The summed E-state index contributed by atoms with van der Waals surface area (Å²) in [6.45, 7) is 0.321. The number of aromatic nitrogens is 2. The van der Waals surface area contributed by atoms with Crippen LogP contribution < -0.4 is 10.9 Å². The summed E-state index contributed by atoms with van der Waals surface area (Å²) in [5.41, 5.74) is 0.562. The average Bonchev–Trinajstić information content (AvgIpc) is 2.96. The van der Waals surface area contributed by atoms with Gasteiger partial charge in [-0.15, -0.1) is 11.3 Å². The van der Waals surface area contributed by atoms with E-state index in [0.29, 0.717) is 16.5 Å². The lowest BCUT2D eigenvalue weighted by Gasteiger charge is -2.05. The number of thiazole rings is 1. The molecule has 0 saturated carbocycles. The van der Waals surface area contributed by atoms with E-state index in [4.69, 9.17) is 11.6 Å². The first kappa shape index (κ1) is 13.8. The zero-order valence-corrected chi connectivity index (χ0v) is 12.3. The molecule has 0 fully saturated rings. The summed E-state index contributed by atoms with van der Waals surface area (Å²) < 4.78 is 1.36. The highest BCUT2D eigenvalue weighted by Gasteiger charge is 2.13. The fraction of sp³-hybridized carbons (Fsp3) is 0.0714. The van der Waals surface area contributed by atoms with Crippen LogP contribution in [0, 0.1) is 0 Å². The van der Waals surface area contributed by atoms with Crippen LogP contribution in [0.5, 0.6) is 0 Å². The highest BCUT2D eigenvalue weighted by molar-refractivity contribution is 7.15. The van der Waals surface area contributed by atoms with E-state index in [2.05, 4.69) is 10.3 Å². The van der Waals surface area contributed by atoms with Crippen LogP contribution >= 0.6 is 22.9 Å². The van der Waals surface area contributed by atoms with Crippen molar-refractivity contribution in [3.05, 3.63) is 68.5 Å². The first-order valence-electron chi connectivity index (χ1n) is 6.12. The fourth-order valence-corrected chi connectivity index (χ4v) is 2.66. The van der Waals surface area contributed by atoms with Crippen LogP contribution in [-0.4, -0.2) is 15.3 Å². The predicted molar refractivity (Wildman–Crippen MR) is 82.0 cm³/mol. The van der Waals surface area contributed by atoms with E-state index in [9.17, 15) is 9.59 Å². The van der Waals surface area contributed by atoms with Gasteiger partial charge in [0.25, 0.3) is 11.5 Å². The molecular formula is C14H10ClN3O2S. The van der Waals surface area contributed by atoms with Gasteiger partial charge < -0.3 is 5.32 Å². The monoisotopic (exact) mass is 319 g/mol. The lowest BCUT2D eigenvalue weighted by Crippen LogP contribution is -2.30. The SMILES string of the molecule is O=C(NCc1ccc(Cl)cc1)c1cnc2sccn2c1=O. The third-order valence-corrected chi connectivity index (χ3v) is 3.98. The van der Waals surface area contributed by atoms with Crippen molar-refractivity contribution in [1.82, 2.24) is 14.7 Å². The molecule has 1 amide bonds. The minimum absolute atomic E-state index is 0.0277. The van der Waals surface area contributed by atoms with Crippen molar-refractivity contribution in [3.8, 4) is 0 Å². The van der Waals surface area contributed by atoms with Gasteiger partial charge in [0.15, 0.2) is 4.96 Å². The van der Waals surface area contributed by atoms with Crippen molar-refractivity contribution >= 4 is 33.8 Å². The summed E-state index contributed by atoms with van der Waals surface area (Å²) in [5, 5.41) is 5.08. The van der Waals surface area contributed by atoms with Crippen LogP contribution in [-0.2, 0) is 6.54 Å². The molecule has 7 heteroatoms. The Kier molecular flexibility index (Phi) is 3.72. The largest absolute Gasteiger partial charge is 0.348 e. The Labute approximate surface area is 128 Å². The number of carbonyl (C=O) groups is 1. The first-order valence-corrected chi connectivity index (χ1v) is 7.38. The molecular weight excluding hydrogens is 310 g/mol. The van der Waals surface area contributed by atoms with Crippen LogP contribution in [0.2, 0.25) is 5.02 Å². The summed E-state index contributed by atoms with van der Waals surface area (Å²) in [5.74, 6) is -0.442. The lowest BCUT2D eigenvalue weighted by atomic mass is 10.2. The molecule has 3 aromatic rings. The van der Waals surface area contributed by atoms with E-state index in [1.165, 1.54) is 21.9 Å². The molecule has 0 aliphatic rings. The van der Waals surface area contributed by atoms with E-state index in [-0.39, 0.29) is 11.1 Å². The van der Waals surface area contributed by atoms with Crippen molar-refractivity contribution in [2.45, 2.75) is 6.54 Å². The zero-order chi connectivity index (χ0) is 14.8. The van der Waals surface area contributed by atoms with Gasteiger partial charge in [0.1, 0.15) is 5.56 Å². The smallest absolute Gasteiger partial charge is 0.271 e. The second kappa shape index (κ2) is 5.67. The van der Waals surface area contributed by atoms with Gasteiger partial charge in [0.05, 0.1) is 0 Å². The molecule has 0 atom stereocenters. The molecule has 0 aliphatic carbocycles. The molecule has 5 nitrogen and oxygen atoms in total.